The zero-order valence-corrected chi connectivity index (χ0v) is 9.21. The molecule has 0 heterocycles. The molecule has 0 radical (unpaired) electrons. The van der Waals surface area contributed by atoms with Crippen LogP contribution in [0.5, 0.6) is 5.75 Å². The summed E-state index contributed by atoms with van der Waals surface area (Å²) >= 11 is 0. The molecule has 0 aliphatic rings. The smallest absolute Gasteiger partial charge is 0.158 e. The molecule has 0 fully saturated rings. The molecule has 3 heteroatoms. The number of hydrogen-bond donors (Lipinski definition) is 2. The summed E-state index contributed by atoms with van der Waals surface area (Å²) in [5.41, 5.74) is 1.78. The molecule has 0 amide bonds. The molecular formula is C12H17NO2. The van der Waals surface area contributed by atoms with E-state index < -0.39 is 0 Å². The fourth-order valence-corrected chi connectivity index (χ4v) is 1.18. The van der Waals surface area contributed by atoms with Gasteiger partial charge in [0.15, 0.2) is 6.73 Å². The number of rotatable bonds is 5. The van der Waals surface area contributed by atoms with Gasteiger partial charge in [0, 0.05) is 0 Å². The fraction of sp³-hybridized carbons (Fsp3) is 0.333. The normalized spacial score (nSPS) is 9.73. The molecule has 15 heavy (non-hydrogen) atoms. The molecule has 0 aromatic heterocycles. The van der Waals surface area contributed by atoms with Gasteiger partial charge in [-0.25, -0.2) is 0 Å². The maximum atomic E-state index is 9.65. The van der Waals surface area contributed by atoms with Crippen molar-refractivity contribution < 1.29 is 9.84 Å². The van der Waals surface area contributed by atoms with Gasteiger partial charge in [-0.3, -0.25) is 0 Å². The minimum Gasteiger partial charge on any atom is -0.506 e. The minimum atomic E-state index is 0.250. The summed E-state index contributed by atoms with van der Waals surface area (Å²) in [5, 5.41) is 12.6. The van der Waals surface area contributed by atoms with Gasteiger partial charge in [0.05, 0.1) is 11.4 Å². The molecule has 2 N–H and O–H groups in total. The quantitative estimate of drug-likeness (QED) is 0.443. The number of aromatic hydroxyl groups is 1. The first-order chi connectivity index (χ1) is 7.13. The van der Waals surface area contributed by atoms with Crippen molar-refractivity contribution in [1.82, 2.24) is 0 Å². The lowest BCUT2D eigenvalue weighted by Gasteiger charge is -2.10. The van der Waals surface area contributed by atoms with Crippen LogP contribution in [0.1, 0.15) is 19.4 Å². The minimum absolute atomic E-state index is 0.250. The Morgan fingerprint density at radius 1 is 1.53 bits per heavy atom. The SMILES string of the molecule is C=C(C)OCNc1ccc(CC)cc1O. The topological polar surface area (TPSA) is 41.5 Å². The summed E-state index contributed by atoms with van der Waals surface area (Å²) in [6, 6.07) is 5.57. The maximum absolute atomic E-state index is 9.65. The van der Waals surface area contributed by atoms with Crippen LogP contribution in [0.2, 0.25) is 0 Å². The first-order valence-electron chi connectivity index (χ1n) is 4.97. The number of benzene rings is 1. The van der Waals surface area contributed by atoms with Crippen molar-refractivity contribution >= 4 is 5.69 Å². The van der Waals surface area contributed by atoms with Gasteiger partial charge in [-0.15, -0.1) is 0 Å². The van der Waals surface area contributed by atoms with Gasteiger partial charge in [0.25, 0.3) is 0 Å². The highest BCUT2D eigenvalue weighted by atomic mass is 16.5. The summed E-state index contributed by atoms with van der Waals surface area (Å²) in [4.78, 5) is 0. The second-order valence-electron chi connectivity index (χ2n) is 3.37. The van der Waals surface area contributed by atoms with E-state index in [9.17, 15) is 5.11 Å². The highest BCUT2D eigenvalue weighted by molar-refractivity contribution is 5.56. The van der Waals surface area contributed by atoms with Gasteiger partial charge >= 0.3 is 0 Å². The Kier molecular flexibility index (Phi) is 4.03. The number of allylic oxidation sites excluding steroid dienone is 1. The summed E-state index contributed by atoms with van der Waals surface area (Å²) in [5.74, 6) is 0.895. The van der Waals surface area contributed by atoms with Crippen LogP contribution in [0.4, 0.5) is 5.69 Å². The molecule has 3 nitrogen and oxygen atoms in total. The molecule has 0 unspecified atom stereocenters. The third-order valence-corrected chi connectivity index (χ3v) is 2.05. The molecule has 0 bridgehead atoms. The van der Waals surface area contributed by atoms with Gasteiger partial charge < -0.3 is 15.2 Å². The van der Waals surface area contributed by atoms with Crippen molar-refractivity contribution in [2.45, 2.75) is 20.3 Å². The predicted molar refractivity (Wildman–Crippen MR) is 61.9 cm³/mol. The average molecular weight is 207 g/mol. The molecule has 1 aromatic carbocycles. The number of ether oxygens (including phenoxy) is 1. The van der Waals surface area contributed by atoms with Crippen molar-refractivity contribution in [2.75, 3.05) is 12.0 Å². The maximum Gasteiger partial charge on any atom is 0.158 e. The Hall–Kier alpha value is -1.64. The number of aryl methyl sites for hydroxylation is 1. The lowest BCUT2D eigenvalue weighted by Crippen LogP contribution is -2.04. The summed E-state index contributed by atoms with van der Waals surface area (Å²) < 4.78 is 5.14. The van der Waals surface area contributed by atoms with Gasteiger partial charge in [-0.1, -0.05) is 19.6 Å². The van der Waals surface area contributed by atoms with E-state index in [-0.39, 0.29) is 5.75 Å². The summed E-state index contributed by atoms with van der Waals surface area (Å²) in [6.45, 7) is 7.75. The van der Waals surface area contributed by atoms with E-state index in [4.69, 9.17) is 4.74 Å². The molecule has 0 spiro atoms. The van der Waals surface area contributed by atoms with Crippen molar-refractivity contribution in [3.63, 3.8) is 0 Å². The zero-order valence-electron chi connectivity index (χ0n) is 9.21. The standard InChI is InChI=1S/C12H17NO2/c1-4-10-5-6-11(12(14)7-10)13-8-15-9(2)3/h5-7,13-14H,2,4,8H2,1,3H3. The highest BCUT2D eigenvalue weighted by Gasteiger charge is 2.00. The Labute approximate surface area is 90.4 Å². The van der Waals surface area contributed by atoms with Crippen molar-refractivity contribution in [3.8, 4) is 5.75 Å². The van der Waals surface area contributed by atoms with Crippen molar-refractivity contribution in [3.05, 3.63) is 36.1 Å². The molecule has 0 saturated heterocycles. The van der Waals surface area contributed by atoms with Crippen LogP contribution in [0.3, 0.4) is 0 Å². The van der Waals surface area contributed by atoms with Gasteiger partial charge in [-0.05, 0) is 31.0 Å². The lowest BCUT2D eigenvalue weighted by molar-refractivity contribution is 0.238. The molecule has 82 valence electrons. The predicted octanol–water partition coefficient (Wildman–Crippen LogP) is 2.87. The van der Waals surface area contributed by atoms with E-state index >= 15 is 0 Å². The Morgan fingerprint density at radius 3 is 2.80 bits per heavy atom. The number of phenolic OH excluding ortho intramolecular Hbond substituents is 1. The molecule has 0 saturated carbocycles. The van der Waals surface area contributed by atoms with Gasteiger partial charge in [0.1, 0.15) is 5.75 Å². The monoisotopic (exact) mass is 207 g/mol. The van der Waals surface area contributed by atoms with E-state index in [1.54, 1.807) is 13.0 Å². The first-order valence-corrected chi connectivity index (χ1v) is 4.97. The second-order valence-corrected chi connectivity index (χ2v) is 3.37. The van der Waals surface area contributed by atoms with Crippen LogP contribution < -0.4 is 5.32 Å². The van der Waals surface area contributed by atoms with Crippen LogP contribution in [-0.4, -0.2) is 11.8 Å². The third-order valence-electron chi connectivity index (χ3n) is 2.05. The fourth-order valence-electron chi connectivity index (χ4n) is 1.18. The van der Waals surface area contributed by atoms with Gasteiger partial charge in [-0.2, -0.15) is 0 Å². The number of nitrogens with one attached hydrogen (secondary N) is 1. The Balaban J connectivity index is 2.58. The Morgan fingerprint density at radius 2 is 2.27 bits per heavy atom. The highest BCUT2D eigenvalue weighted by Crippen LogP contribution is 2.24. The van der Waals surface area contributed by atoms with Crippen molar-refractivity contribution in [1.29, 1.82) is 0 Å². The van der Waals surface area contributed by atoms with Crippen LogP contribution in [0.15, 0.2) is 30.5 Å². The summed E-state index contributed by atoms with van der Waals surface area (Å²) in [6.07, 6.45) is 0.913. The van der Waals surface area contributed by atoms with Crippen LogP contribution in [0, 0.1) is 0 Å². The molecular weight excluding hydrogens is 190 g/mol. The first kappa shape index (κ1) is 11.4. The number of anilines is 1. The van der Waals surface area contributed by atoms with E-state index in [0.717, 1.165) is 12.0 Å². The zero-order chi connectivity index (χ0) is 11.3. The van der Waals surface area contributed by atoms with E-state index in [0.29, 0.717) is 18.2 Å². The van der Waals surface area contributed by atoms with E-state index in [1.807, 2.05) is 19.1 Å². The molecule has 0 aliphatic carbocycles. The third kappa shape index (κ3) is 3.54. The molecule has 1 aromatic rings. The molecule has 0 aliphatic heterocycles. The summed E-state index contributed by atoms with van der Waals surface area (Å²) in [7, 11) is 0. The van der Waals surface area contributed by atoms with Gasteiger partial charge in [0.2, 0.25) is 0 Å². The van der Waals surface area contributed by atoms with Crippen molar-refractivity contribution in [2.24, 2.45) is 0 Å². The lowest BCUT2D eigenvalue weighted by atomic mass is 10.1. The number of phenols is 1. The van der Waals surface area contributed by atoms with Crippen LogP contribution >= 0.6 is 0 Å². The average Bonchev–Trinajstić information content (AvgIpc) is 2.20. The Bertz CT molecular complexity index is 347. The molecule has 1 rings (SSSR count). The van der Waals surface area contributed by atoms with E-state index in [2.05, 4.69) is 11.9 Å². The van der Waals surface area contributed by atoms with E-state index in [1.165, 1.54) is 0 Å². The number of hydrogen-bond acceptors (Lipinski definition) is 3. The largest absolute Gasteiger partial charge is 0.506 e. The van der Waals surface area contributed by atoms with Crippen LogP contribution in [-0.2, 0) is 11.2 Å². The second kappa shape index (κ2) is 5.29. The van der Waals surface area contributed by atoms with Crippen LogP contribution in [0.25, 0.3) is 0 Å². The molecule has 0 atom stereocenters.